The van der Waals surface area contributed by atoms with E-state index in [0.717, 1.165) is 0 Å². The molecule has 1 fully saturated rings. The summed E-state index contributed by atoms with van der Waals surface area (Å²) >= 11 is 7.26. The lowest BCUT2D eigenvalue weighted by atomic mass is 10.3. The van der Waals surface area contributed by atoms with Gasteiger partial charge in [-0.3, -0.25) is 5.32 Å². The minimum Gasteiger partial charge on any atom is -0.448 e. The molecule has 2 N–H and O–H groups in total. The van der Waals surface area contributed by atoms with Crippen LogP contribution in [0.15, 0.2) is 24.3 Å². The number of nitrogens with one attached hydrogen (secondary N) is 2. The van der Waals surface area contributed by atoms with Gasteiger partial charge in [-0.15, -0.1) is 0 Å². The van der Waals surface area contributed by atoms with E-state index in [1.807, 2.05) is 0 Å². The highest BCUT2D eigenvalue weighted by molar-refractivity contribution is 8.00. The molecule has 21 heavy (non-hydrogen) atoms. The highest BCUT2D eigenvalue weighted by atomic mass is 35.5. The van der Waals surface area contributed by atoms with Gasteiger partial charge in [-0.05, 0) is 24.3 Å². The van der Waals surface area contributed by atoms with Crippen molar-refractivity contribution in [3.8, 4) is 0 Å². The maximum atomic E-state index is 11.6. The van der Waals surface area contributed by atoms with Crippen molar-refractivity contribution >= 4 is 45.2 Å². The molecular formula is C12H15ClN2O4S2. The van der Waals surface area contributed by atoms with Crippen molar-refractivity contribution < 1.29 is 17.9 Å². The number of hydrogen-bond donors (Lipinski definition) is 2. The lowest BCUT2D eigenvalue weighted by Gasteiger charge is -2.15. The van der Waals surface area contributed by atoms with Crippen LogP contribution in [0.25, 0.3) is 0 Å². The number of thioether (sulfide) groups is 1. The molecule has 1 aromatic carbocycles. The van der Waals surface area contributed by atoms with Crippen LogP contribution >= 0.6 is 23.4 Å². The second-order valence-corrected chi connectivity index (χ2v) is 7.90. The van der Waals surface area contributed by atoms with Crippen molar-refractivity contribution in [3.63, 3.8) is 0 Å². The molecule has 1 saturated heterocycles. The van der Waals surface area contributed by atoms with Crippen molar-refractivity contribution in [3.05, 3.63) is 29.3 Å². The monoisotopic (exact) mass is 350 g/mol. The summed E-state index contributed by atoms with van der Waals surface area (Å²) in [7, 11) is -3.28. The van der Waals surface area contributed by atoms with Crippen molar-refractivity contribution in [1.82, 2.24) is 4.72 Å². The predicted molar refractivity (Wildman–Crippen MR) is 84.5 cm³/mol. The van der Waals surface area contributed by atoms with E-state index in [-0.39, 0.29) is 12.4 Å². The number of carbonyl (C=O) groups excluding carboxylic acids is 1. The number of sulfonamides is 1. The van der Waals surface area contributed by atoms with E-state index in [1.54, 1.807) is 24.3 Å². The molecule has 0 bridgehead atoms. The molecule has 116 valence electrons. The van der Waals surface area contributed by atoms with Gasteiger partial charge in [0.25, 0.3) is 0 Å². The molecule has 1 aliphatic heterocycles. The van der Waals surface area contributed by atoms with Crippen LogP contribution in [-0.4, -0.2) is 44.4 Å². The third kappa shape index (κ3) is 5.74. The van der Waals surface area contributed by atoms with E-state index in [1.165, 1.54) is 11.8 Å². The molecular weight excluding hydrogens is 336 g/mol. The maximum Gasteiger partial charge on any atom is 0.411 e. The SMILES string of the molecule is O=C(Nc1ccc(Cl)cc1)OC[C@@H]1CSCCS(=O)(=O)N1. The topological polar surface area (TPSA) is 84.5 Å². The average molecular weight is 351 g/mol. The first-order valence-corrected chi connectivity index (χ1v) is 9.40. The summed E-state index contributed by atoms with van der Waals surface area (Å²) in [5, 5.41) is 3.11. The van der Waals surface area contributed by atoms with Gasteiger partial charge in [0.15, 0.2) is 0 Å². The quantitative estimate of drug-likeness (QED) is 0.870. The summed E-state index contributed by atoms with van der Waals surface area (Å²) in [5.74, 6) is 1.21. The molecule has 0 aliphatic carbocycles. The number of benzene rings is 1. The summed E-state index contributed by atoms with van der Waals surface area (Å²) < 4.78 is 30.7. The van der Waals surface area contributed by atoms with Gasteiger partial charge in [0.2, 0.25) is 10.0 Å². The first-order valence-electron chi connectivity index (χ1n) is 6.22. The maximum absolute atomic E-state index is 11.6. The second-order valence-electron chi connectivity index (χ2n) is 4.44. The zero-order valence-corrected chi connectivity index (χ0v) is 13.4. The smallest absolute Gasteiger partial charge is 0.411 e. The third-order valence-corrected chi connectivity index (χ3v) is 5.74. The fraction of sp³-hybridized carbons (Fsp3) is 0.417. The Morgan fingerprint density at radius 3 is 2.86 bits per heavy atom. The standard InChI is InChI=1S/C12H15ClN2O4S2/c13-9-1-3-10(4-2-9)14-12(16)19-7-11-8-20-5-6-21(17,18)15-11/h1-4,11,15H,5-8H2,(H,14,16)/t11-/m1/s1. The molecule has 1 heterocycles. The molecule has 1 aromatic rings. The van der Waals surface area contributed by atoms with E-state index in [9.17, 15) is 13.2 Å². The summed E-state index contributed by atoms with van der Waals surface area (Å²) in [6.07, 6.45) is -0.634. The van der Waals surface area contributed by atoms with Gasteiger partial charge in [-0.2, -0.15) is 11.8 Å². The Bertz CT molecular complexity index is 592. The summed E-state index contributed by atoms with van der Waals surface area (Å²) in [5.41, 5.74) is 0.556. The van der Waals surface area contributed by atoms with E-state index in [2.05, 4.69) is 10.0 Å². The number of anilines is 1. The first kappa shape index (κ1) is 16.4. The summed E-state index contributed by atoms with van der Waals surface area (Å²) in [4.78, 5) is 11.6. The summed E-state index contributed by atoms with van der Waals surface area (Å²) in [6, 6.07) is 6.18. The molecule has 0 aromatic heterocycles. The van der Waals surface area contributed by atoms with Gasteiger partial charge in [0, 0.05) is 22.2 Å². The van der Waals surface area contributed by atoms with E-state index >= 15 is 0 Å². The third-order valence-electron chi connectivity index (χ3n) is 2.67. The number of rotatable bonds is 3. The zero-order valence-electron chi connectivity index (χ0n) is 11.0. The van der Waals surface area contributed by atoms with E-state index in [4.69, 9.17) is 16.3 Å². The largest absolute Gasteiger partial charge is 0.448 e. The lowest BCUT2D eigenvalue weighted by molar-refractivity contribution is 0.154. The second kappa shape index (κ2) is 7.35. The highest BCUT2D eigenvalue weighted by Gasteiger charge is 2.23. The van der Waals surface area contributed by atoms with Gasteiger partial charge < -0.3 is 4.74 Å². The molecule has 1 aliphatic rings. The fourth-order valence-electron chi connectivity index (χ4n) is 1.69. The van der Waals surface area contributed by atoms with Crippen molar-refractivity contribution in [2.75, 3.05) is 29.2 Å². The molecule has 0 spiro atoms. The van der Waals surface area contributed by atoms with Gasteiger partial charge in [0.05, 0.1) is 11.8 Å². The van der Waals surface area contributed by atoms with Crippen LogP contribution < -0.4 is 10.0 Å². The minimum atomic E-state index is -3.28. The number of hydrogen-bond acceptors (Lipinski definition) is 5. The van der Waals surface area contributed by atoms with Crippen LogP contribution in [0, 0.1) is 0 Å². The molecule has 0 radical (unpaired) electrons. The summed E-state index contributed by atoms with van der Waals surface area (Å²) in [6.45, 7) is -0.00828. The molecule has 1 amide bonds. The van der Waals surface area contributed by atoms with Crippen LogP contribution in [0.2, 0.25) is 5.02 Å². The normalized spacial score (nSPS) is 21.3. The zero-order chi connectivity index (χ0) is 15.3. The van der Waals surface area contributed by atoms with Crippen LogP contribution in [0.1, 0.15) is 0 Å². The number of ether oxygens (including phenoxy) is 1. The van der Waals surface area contributed by atoms with Crippen LogP contribution in [0.5, 0.6) is 0 Å². The average Bonchev–Trinajstić information content (AvgIpc) is 2.60. The number of halogens is 1. The molecule has 0 unspecified atom stereocenters. The Hall–Kier alpha value is -0.960. The Morgan fingerprint density at radius 2 is 2.14 bits per heavy atom. The molecule has 1 atom stereocenters. The molecule has 6 nitrogen and oxygen atoms in total. The van der Waals surface area contributed by atoms with Crippen molar-refractivity contribution in [2.24, 2.45) is 0 Å². The first-order chi connectivity index (χ1) is 9.94. The Kier molecular flexibility index (Phi) is 5.74. The Labute approximate surface area is 132 Å². The number of amides is 1. The van der Waals surface area contributed by atoms with Crippen molar-refractivity contribution in [2.45, 2.75) is 6.04 Å². The van der Waals surface area contributed by atoms with Gasteiger partial charge in [0.1, 0.15) is 6.61 Å². The van der Waals surface area contributed by atoms with Crippen LogP contribution in [0.4, 0.5) is 10.5 Å². The van der Waals surface area contributed by atoms with Gasteiger partial charge >= 0.3 is 6.09 Å². The molecule has 2 rings (SSSR count). The number of carbonyl (C=O) groups is 1. The van der Waals surface area contributed by atoms with E-state index < -0.39 is 22.2 Å². The van der Waals surface area contributed by atoms with Crippen molar-refractivity contribution in [1.29, 1.82) is 0 Å². The van der Waals surface area contributed by atoms with Gasteiger partial charge in [-0.25, -0.2) is 17.9 Å². The van der Waals surface area contributed by atoms with Crippen LogP contribution in [0.3, 0.4) is 0 Å². The van der Waals surface area contributed by atoms with Crippen LogP contribution in [-0.2, 0) is 14.8 Å². The predicted octanol–water partition coefficient (Wildman–Crippen LogP) is 1.92. The Balaban J connectivity index is 1.81. The highest BCUT2D eigenvalue weighted by Crippen LogP contribution is 2.14. The minimum absolute atomic E-state index is 0.00828. The Morgan fingerprint density at radius 1 is 1.43 bits per heavy atom. The lowest BCUT2D eigenvalue weighted by Crippen LogP contribution is -2.40. The fourth-order valence-corrected chi connectivity index (χ4v) is 4.68. The van der Waals surface area contributed by atoms with Gasteiger partial charge in [-0.1, -0.05) is 11.6 Å². The van der Waals surface area contributed by atoms with E-state index in [0.29, 0.717) is 22.2 Å². The molecule has 9 heteroatoms. The molecule has 0 saturated carbocycles.